The Bertz CT molecular complexity index is 246. The third-order valence-electron chi connectivity index (χ3n) is 1.79. The Kier molecular flexibility index (Phi) is 4.86. The summed E-state index contributed by atoms with van der Waals surface area (Å²) in [6.07, 6.45) is 0. The van der Waals surface area contributed by atoms with E-state index < -0.39 is 0 Å². The molecule has 0 amide bonds. The fourth-order valence-electron chi connectivity index (χ4n) is 1.12. The Morgan fingerprint density at radius 1 is 1.14 bits per heavy atom. The molecular formula is C11H17NO2. The van der Waals surface area contributed by atoms with Crippen molar-refractivity contribution < 1.29 is 9.47 Å². The van der Waals surface area contributed by atoms with E-state index in [2.05, 4.69) is 12.2 Å². The van der Waals surface area contributed by atoms with Crippen molar-refractivity contribution in [2.45, 2.75) is 6.92 Å². The molecule has 0 saturated heterocycles. The topological polar surface area (TPSA) is 30.5 Å². The second-order valence-corrected chi connectivity index (χ2v) is 2.90. The Morgan fingerprint density at radius 3 is 2.43 bits per heavy atom. The van der Waals surface area contributed by atoms with Crippen LogP contribution in [0.15, 0.2) is 24.3 Å². The molecule has 0 radical (unpaired) electrons. The van der Waals surface area contributed by atoms with Crippen molar-refractivity contribution in [3.63, 3.8) is 0 Å². The number of hydrogen-bond acceptors (Lipinski definition) is 3. The van der Waals surface area contributed by atoms with Crippen LogP contribution < -0.4 is 10.1 Å². The molecule has 0 unspecified atom stereocenters. The molecule has 78 valence electrons. The highest BCUT2D eigenvalue weighted by atomic mass is 16.5. The predicted molar refractivity (Wildman–Crippen MR) is 58.0 cm³/mol. The number of hydrogen-bond donors (Lipinski definition) is 1. The van der Waals surface area contributed by atoms with Gasteiger partial charge in [0.15, 0.2) is 0 Å². The number of ether oxygens (including phenoxy) is 2. The molecule has 14 heavy (non-hydrogen) atoms. The first-order valence-corrected chi connectivity index (χ1v) is 4.82. The molecule has 1 N–H and O–H groups in total. The third-order valence-corrected chi connectivity index (χ3v) is 1.79. The maximum absolute atomic E-state index is 5.43. The zero-order valence-electron chi connectivity index (χ0n) is 8.75. The minimum absolute atomic E-state index is 0.594. The molecule has 0 heterocycles. The van der Waals surface area contributed by atoms with Crippen molar-refractivity contribution >= 4 is 5.69 Å². The van der Waals surface area contributed by atoms with Gasteiger partial charge in [0.25, 0.3) is 0 Å². The van der Waals surface area contributed by atoms with Crippen LogP contribution in [0.25, 0.3) is 0 Å². The minimum atomic E-state index is 0.594. The van der Waals surface area contributed by atoms with Gasteiger partial charge < -0.3 is 14.8 Å². The summed E-state index contributed by atoms with van der Waals surface area (Å²) in [5, 5.41) is 3.22. The van der Waals surface area contributed by atoms with Crippen LogP contribution in [-0.4, -0.2) is 26.9 Å². The van der Waals surface area contributed by atoms with E-state index in [1.807, 2.05) is 24.3 Å². The second kappa shape index (κ2) is 6.27. The monoisotopic (exact) mass is 195 g/mol. The van der Waals surface area contributed by atoms with Gasteiger partial charge in [0.2, 0.25) is 0 Å². The van der Waals surface area contributed by atoms with Crippen molar-refractivity contribution in [3.8, 4) is 5.75 Å². The van der Waals surface area contributed by atoms with Gasteiger partial charge in [-0.05, 0) is 31.2 Å². The van der Waals surface area contributed by atoms with Crippen molar-refractivity contribution in [1.82, 2.24) is 0 Å². The van der Waals surface area contributed by atoms with Crippen molar-refractivity contribution in [2.24, 2.45) is 0 Å². The van der Waals surface area contributed by atoms with Crippen LogP contribution in [0.1, 0.15) is 6.92 Å². The quantitative estimate of drug-likeness (QED) is 0.705. The number of anilines is 1. The number of nitrogens with one attached hydrogen (secondary N) is 1. The normalized spacial score (nSPS) is 9.86. The Hall–Kier alpha value is -1.22. The number of benzene rings is 1. The molecule has 0 saturated carbocycles. The standard InChI is InChI=1S/C11H17NO2/c1-3-12-10-4-6-11(7-5-10)14-9-8-13-2/h4-7,12H,3,8-9H2,1-2H3. The van der Waals surface area contributed by atoms with Gasteiger partial charge >= 0.3 is 0 Å². The van der Waals surface area contributed by atoms with Gasteiger partial charge in [0, 0.05) is 19.3 Å². The van der Waals surface area contributed by atoms with Crippen LogP contribution in [0.2, 0.25) is 0 Å². The molecule has 1 rings (SSSR count). The Balaban J connectivity index is 2.38. The van der Waals surface area contributed by atoms with E-state index in [9.17, 15) is 0 Å². The first kappa shape index (κ1) is 10.9. The van der Waals surface area contributed by atoms with Crippen LogP contribution in [0.3, 0.4) is 0 Å². The molecule has 0 aliphatic heterocycles. The zero-order valence-corrected chi connectivity index (χ0v) is 8.75. The highest BCUT2D eigenvalue weighted by Gasteiger charge is 1.93. The predicted octanol–water partition coefficient (Wildman–Crippen LogP) is 2.14. The van der Waals surface area contributed by atoms with E-state index in [1.54, 1.807) is 7.11 Å². The number of rotatable bonds is 6. The second-order valence-electron chi connectivity index (χ2n) is 2.90. The third kappa shape index (κ3) is 3.66. The van der Waals surface area contributed by atoms with E-state index in [1.165, 1.54) is 0 Å². The lowest BCUT2D eigenvalue weighted by molar-refractivity contribution is 0.146. The van der Waals surface area contributed by atoms with Crippen LogP contribution in [0.4, 0.5) is 5.69 Å². The molecule has 0 aliphatic rings. The van der Waals surface area contributed by atoms with E-state index >= 15 is 0 Å². The summed E-state index contributed by atoms with van der Waals surface area (Å²) in [6, 6.07) is 7.92. The van der Waals surface area contributed by atoms with E-state index in [-0.39, 0.29) is 0 Å². The lowest BCUT2D eigenvalue weighted by atomic mass is 10.3. The van der Waals surface area contributed by atoms with Gasteiger partial charge in [-0.15, -0.1) is 0 Å². The first-order valence-electron chi connectivity index (χ1n) is 4.82. The van der Waals surface area contributed by atoms with E-state index in [0.717, 1.165) is 18.0 Å². The van der Waals surface area contributed by atoms with Crippen molar-refractivity contribution in [3.05, 3.63) is 24.3 Å². The average molecular weight is 195 g/mol. The lowest BCUT2D eigenvalue weighted by Gasteiger charge is -2.07. The molecule has 1 aromatic rings. The van der Waals surface area contributed by atoms with Gasteiger partial charge in [-0.3, -0.25) is 0 Å². The molecule has 0 bridgehead atoms. The van der Waals surface area contributed by atoms with Gasteiger partial charge in [0.05, 0.1) is 6.61 Å². The smallest absolute Gasteiger partial charge is 0.119 e. The van der Waals surface area contributed by atoms with Crippen molar-refractivity contribution in [1.29, 1.82) is 0 Å². The molecule has 1 aromatic carbocycles. The highest BCUT2D eigenvalue weighted by molar-refractivity contribution is 5.46. The zero-order chi connectivity index (χ0) is 10.2. The maximum Gasteiger partial charge on any atom is 0.119 e. The maximum atomic E-state index is 5.43. The van der Waals surface area contributed by atoms with Gasteiger partial charge in [0.1, 0.15) is 12.4 Å². The molecule has 0 fully saturated rings. The Morgan fingerprint density at radius 2 is 1.86 bits per heavy atom. The van der Waals surface area contributed by atoms with Gasteiger partial charge in [-0.1, -0.05) is 0 Å². The fraction of sp³-hybridized carbons (Fsp3) is 0.455. The van der Waals surface area contributed by atoms with E-state index in [0.29, 0.717) is 13.2 Å². The van der Waals surface area contributed by atoms with Crippen LogP contribution in [-0.2, 0) is 4.74 Å². The summed E-state index contributed by atoms with van der Waals surface area (Å²) >= 11 is 0. The first-order chi connectivity index (χ1) is 6.86. The summed E-state index contributed by atoms with van der Waals surface area (Å²) in [5.74, 6) is 0.878. The summed E-state index contributed by atoms with van der Waals surface area (Å²) < 4.78 is 10.3. The van der Waals surface area contributed by atoms with Gasteiger partial charge in [-0.2, -0.15) is 0 Å². The molecule has 0 spiro atoms. The van der Waals surface area contributed by atoms with Crippen LogP contribution in [0, 0.1) is 0 Å². The summed E-state index contributed by atoms with van der Waals surface area (Å²) in [6.45, 7) is 4.22. The molecule has 3 nitrogen and oxygen atoms in total. The Labute approximate surface area is 85.0 Å². The van der Waals surface area contributed by atoms with E-state index in [4.69, 9.17) is 9.47 Å². The van der Waals surface area contributed by atoms with Gasteiger partial charge in [-0.25, -0.2) is 0 Å². The fourth-order valence-corrected chi connectivity index (χ4v) is 1.12. The molecular weight excluding hydrogens is 178 g/mol. The molecule has 0 aliphatic carbocycles. The SMILES string of the molecule is CCNc1ccc(OCCOC)cc1. The molecule has 3 heteroatoms. The summed E-state index contributed by atoms with van der Waals surface area (Å²) in [4.78, 5) is 0. The largest absolute Gasteiger partial charge is 0.491 e. The molecule has 0 atom stereocenters. The minimum Gasteiger partial charge on any atom is -0.491 e. The van der Waals surface area contributed by atoms with Crippen LogP contribution in [0.5, 0.6) is 5.75 Å². The molecule has 0 aromatic heterocycles. The lowest BCUT2D eigenvalue weighted by Crippen LogP contribution is -2.04. The highest BCUT2D eigenvalue weighted by Crippen LogP contribution is 2.15. The summed E-state index contributed by atoms with van der Waals surface area (Å²) in [5.41, 5.74) is 1.12. The average Bonchev–Trinajstić information content (AvgIpc) is 2.21. The van der Waals surface area contributed by atoms with Crippen LogP contribution >= 0.6 is 0 Å². The van der Waals surface area contributed by atoms with Crippen molar-refractivity contribution in [2.75, 3.05) is 32.2 Å². The summed E-state index contributed by atoms with van der Waals surface area (Å²) in [7, 11) is 1.66. The number of methoxy groups -OCH3 is 1.